The molecule has 0 spiro atoms. The first-order chi connectivity index (χ1) is 14.4. The fourth-order valence-corrected chi connectivity index (χ4v) is 3.85. The molecule has 3 rings (SSSR count). The van der Waals surface area contributed by atoms with Gasteiger partial charge in [-0.3, -0.25) is 4.79 Å². The first kappa shape index (κ1) is 22.2. The van der Waals surface area contributed by atoms with E-state index in [0.717, 1.165) is 16.8 Å². The summed E-state index contributed by atoms with van der Waals surface area (Å²) in [6, 6.07) is 11.5. The lowest BCUT2D eigenvalue weighted by Gasteiger charge is -2.10. The number of hydrogen-bond acceptors (Lipinski definition) is 5. The first-order valence-corrected chi connectivity index (χ1v) is 11.0. The summed E-state index contributed by atoms with van der Waals surface area (Å²) < 4.78 is 7.78. The molecule has 0 saturated heterocycles. The number of carbonyl (C=O) groups is 1. The van der Waals surface area contributed by atoms with Gasteiger partial charge < -0.3 is 14.6 Å². The Labute approximate surface area is 186 Å². The summed E-state index contributed by atoms with van der Waals surface area (Å²) in [4.78, 5) is 12.3. The number of carbonyl (C=O) groups excluding carboxylic acids is 1. The molecule has 30 heavy (non-hydrogen) atoms. The summed E-state index contributed by atoms with van der Waals surface area (Å²) in [7, 11) is 0. The van der Waals surface area contributed by atoms with E-state index >= 15 is 0 Å². The van der Waals surface area contributed by atoms with Crippen LogP contribution in [0, 0.1) is 20.8 Å². The van der Waals surface area contributed by atoms with E-state index < -0.39 is 0 Å². The minimum atomic E-state index is -0.0850. The van der Waals surface area contributed by atoms with Crippen molar-refractivity contribution in [3.05, 3.63) is 63.9 Å². The molecule has 158 valence electrons. The molecule has 0 unspecified atom stereocenters. The van der Waals surface area contributed by atoms with Crippen LogP contribution in [0.25, 0.3) is 0 Å². The van der Waals surface area contributed by atoms with Gasteiger partial charge in [0.25, 0.3) is 0 Å². The van der Waals surface area contributed by atoms with Crippen LogP contribution in [0.15, 0.2) is 41.6 Å². The van der Waals surface area contributed by atoms with Crippen molar-refractivity contribution >= 4 is 35.0 Å². The monoisotopic (exact) mass is 444 g/mol. The maximum Gasteiger partial charge on any atom is 0.234 e. The maximum absolute atomic E-state index is 12.3. The van der Waals surface area contributed by atoms with Crippen LogP contribution in [0.2, 0.25) is 5.02 Å². The Morgan fingerprint density at radius 2 is 1.93 bits per heavy atom. The molecule has 8 heteroatoms. The molecular formula is C22H25ClN4O2S. The van der Waals surface area contributed by atoms with Crippen molar-refractivity contribution in [2.75, 3.05) is 11.1 Å². The molecule has 6 nitrogen and oxygen atoms in total. The van der Waals surface area contributed by atoms with Crippen LogP contribution < -0.4 is 10.1 Å². The Hall–Kier alpha value is -2.51. The average Bonchev–Trinajstić information content (AvgIpc) is 3.11. The zero-order chi connectivity index (χ0) is 21.7. The largest absolute Gasteiger partial charge is 0.484 e. The van der Waals surface area contributed by atoms with Gasteiger partial charge >= 0.3 is 0 Å². The van der Waals surface area contributed by atoms with Crippen LogP contribution >= 0.6 is 23.4 Å². The molecule has 0 fully saturated rings. The first-order valence-electron chi connectivity index (χ1n) is 9.68. The van der Waals surface area contributed by atoms with Gasteiger partial charge in [-0.15, -0.1) is 10.2 Å². The Bertz CT molecular complexity index is 1050. The van der Waals surface area contributed by atoms with E-state index in [2.05, 4.69) is 15.5 Å². The van der Waals surface area contributed by atoms with Crippen molar-refractivity contribution in [3.8, 4) is 5.75 Å². The maximum atomic E-state index is 12.3. The number of aryl methyl sites for hydroxylation is 3. The lowest BCUT2D eigenvalue weighted by atomic mass is 10.1. The minimum absolute atomic E-state index is 0.0850. The molecule has 0 saturated carbocycles. The molecule has 1 heterocycles. The third-order valence-corrected chi connectivity index (χ3v) is 5.96. The molecule has 2 aromatic carbocycles. The predicted molar refractivity (Wildman–Crippen MR) is 121 cm³/mol. The second kappa shape index (κ2) is 10.00. The third-order valence-electron chi connectivity index (χ3n) is 4.68. The number of ether oxygens (including phenoxy) is 1. The van der Waals surface area contributed by atoms with Gasteiger partial charge in [-0.2, -0.15) is 0 Å². The second-order valence-corrected chi connectivity index (χ2v) is 8.35. The van der Waals surface area contributed by atoms with Crippen molar-refractivity contribution in [1.29, 1.82) is 0 Å². The smallest absolute Gasteiger partial charge is 0.234 e. The van der Waals surface area contributed by atoms with Gasteiger partial charge in [0.1, 0.15) is 12.4 Å². The van der Waals surface area contributed by atoms with Gasteiger partial charge in [0.05, 0.1) is 10.8 Å². The van der Waals surface area contributed by atoms with E-state index in [-0.39, 0.29) is 18.3 Å². The molecule has 1 N–H and O–H groups in total. The summed E-state index contributed by atoms with van der Waals surface area (Å²) in [6.45, 7) is 8.98. The number of rotatable bonds is 8. The van der Waals surface area contributed by atoms with Crippen molar-refractivity contribution in [3.63, 3.8) is 0 Å². The molecular weight excluding hydrogens is 420 g/mol. The highest BCUT2D eigenvalue weighted by Gasteiger charge is 2.14. The van der Waals surface area contributed by atoms with E-state index in [1.54, 1.807) is 0 Å². The molecule has 0 aliphatic heterocycles. The minimum Gasteiger partial charge on any atom is -0.484 e. The summed E-state index contributed by atoms with van der Waals surface area (Å²) >= 11 is 7.54. The SMILES string of the molecule is CCn1c(COc2cc(C)ccc2Cl)nnc1SCC(=O)Nc1ccc(C)c(C)c1. The number of nitrogens with zero attached hydrogens (tertiary/aromatic N) is 3. The summed E-state index contributed by atoms with van der Waals surface area (Å²) in [5, 5.41) is 12.6. The molecule has 0 radical (unpaired) electrons. The predicted octanol–water partition coefficient (Wildman–Crippen LogP) is 5.19. The van der Waals surface area contributed by atoms with Crippen molar-refractivity contribution in [2.24, 2.45) is 0 Å². The van der Waals surface area contributed by atoms with Crippen molar-refractivity contribution in [1.82, 2.24) is 14.8 Å². The quantitative estimate of drug-likeness (QED) is 0.484. The Morgan fingerprint density at radius 3 is 2.67 bits per heavy atom. The van der Waals surface area contributed by atoms with Crippen LogP contribution in [0.1, 0.15) is 29.4 Å². The van der Waals surface area contributed by atoms with Crippen molar-refractivity contribution in [2.45, 2.75) is 46.0 Å². The summed E-state index contributed by atoms with van der Waals surface area (Å²) in [5.41, 5.74) is 4.20. The number of halogens is 1. The molecule has 1 aromatic heterocycles. The van der Waals surface area contributed by atoms with Gasteiger partial charge in [0.2, 0.25) is 5.91 Å². The third kappa shape index (κ3) is 5.55. The van der Waals surface area contributed by atoms with E-state index in [9.17, 15) is 4.79 Å². The number of anilines is 1. The number of benzene rings is 2. The Morgan fingerprint density at radius 1 is 1.13 bits per heavy atom. The van der Waals surface area contributed by atoms with Crippen molar-refractivity contribution < 1.29 is 9.53 Å². The molecule has 0 atom stereocenters. The zero-order valence-electron chi connectivity index (χ0n) is 17.5. The normalized spacial score (nSPS) is 10.8. The second-order valence-electron chi connectivity index (χ2n) is 7.00. The van der Waals surface area contributed by atoms with Gasteiger partial charge in [-0.25, -0.2) is 0 Å². The number of aromatic nitrogens is 3. The molecule has 0 aliphatic carbocycles. The van der Waals surface area contributed by atoms with E-state index in [4.69, 9.17) is 16.3 Å². The average molecular weight is 445 g/mol. The van der Waals surface area contributed by atoms with E-state index in [1.807, 2.05) is 68.7 Å². The van der Waals surface area contributed by atoms with Crippen LogP contribution in [-0.4, -0.2) is 26.4 Å². The highest BCUT2D eigenvalue weighted by molar-refractivity contribution is 7.99. The highest BCUT2D eigenvalue weighted by atomic mass is 35.5. The lowest BCUT2D eigenvalue weighted by Crippen LogP contribution is -2.15. The van der Waals surface area contributed by atoms with Crippen LogP contribution in [0.5, 0.6) is 5.75 Å². The van der Waals surface area contributed by atoms with Crippen LogP contribution in [0.4, 0.5) is 5.69 Å². The van der Waals surface area contributed by atoms with Gasteiger partial charge in [0, 0.05) is 12.2 Å². The molecule has 1 amide bonds. The van der Waals surface area contributed by atoms with Gasteiger partial charge in [-0.05, 0) is 68.7 Å². The number of nitrogens with one attached hydrogen (secondary N) is 1. The number of thioether (sulfide) groups is 1. The lowest BCUT2D eigenvalue weighted by molar-refractivity contribution is -0.113. The standard InChI is InChI=1S/C22H25ClN4O2S/c1-5-27-20(12-29-19-10-14(2)6-9-18(19)23)25-26-22(27)30-13-21(28)24-17-8-7-15(3)16(4)11-17/h6-11H,5,12-13H2,1-4H3,(H,24,28). The van der Waals surface area contributed by atoms with Gasteiger partial charge in [-0.1, -0.05) is 35.5 Å². The van der Waals surface area contributed by atoms with E-state index in [0.29, 0.717) is 28.3 Å². The molecule has 0 bridgehead atoms. The fraction of sp³-hybridized carbons (Fsp3) is 0.318. The topological polar surface area (TPSA) is 69.0 Å². The Balaban J connectivity index is 1.60. The summed E-state index contributed by atoms with van der Waals surface area (Å²) in [6.07, 6.45) is 0. The van der Waals surface area contributed by atoms with E-state index in [1.165, 1.54) is 17.3 Å². The number of hydrogen-bond donors (Lipinski definition) is 1. The molecule has 3 aromatic rings. The fourth-order valence-electron chi connectivity index (χ4n) is 2.86. The Kier molecular flexibility index (Phi) is 7.39. The van der Waals surface area contributed by atoms with Crippen LogP contribution in [0.3, 0.4) is 0 Å². The van der Waals surface area contributed by atoms with Gasteiger partial charge in [0.15, 0.2) is 11.0 Å². The molecule has 0 aliphatic rings. The number of amides is 1. The van der Waals surface area contributed by atoms with Crippen LogP contribution in [-0.2, 0) is 17.9 Å². The zero-order valence-corrected chi connectivity index (χ0v) is 19.1. The highest BCUT2D eigenvalue weighted by Crippen LogP contribution is 2.26. The summed E-state index contributed by atoms with van der Waals surface area (Å²) in [5.74, 6) is 1.46.